The van der Waals surface area contributed by atoms with Gasteiger partial charge in [-0.15, -0.1) is 0 Å². The van der Waals surface area contributed by atoms with Gasteiger partial charge in [-0.3, -0.25) is 9.59 Å². The largest absolute Gasteiger partial charge is 0.345 e. The lowest BCUT2D eigenvalue weighted by Gasteiger charge is -2.20. The molecule has 1 saturated heterocycles. The van der Waals surface area contributed by atoms with Crippen molar-refractivity contribution in [3.8, 4) is 0 Å². The van der Waals surface area contributed by atoms with E-state index < -0.39 is 0 Å². The first-order chi connectivity index (χ1) is 10.6. The minimum atomic E-state index is -0.251. The van der Waals surface area contributed by atoms with Crippen molar-refractivity contribution in [1.82, 2.24) is 20.2 Å². The highest BCUT2D eigenvalue weighted by atomic mass is 16.2. The predicted molar refractivity (Wildman–Crippen MR) is 80.7 cm³/mol. The normalized spacial score (nSPS) is 22.7. The van der Waals surface area contributed by atoms with Crippen LogP contribution in [0.3, 0.4) is 0 Å². The maximum Gasteiger partial charge on any atom is 0.226 e. The summed E-state index contributed by atoms with van der Waals surface area (Å²) in [7, 11) is 0. The van der Waals surface area contributed by atoms with Gasteiger partial charge in [-0.2, -0.15) is 0 Å². The number of aryl methyl sites for hydroxylation is 1. The molecule has 0 radical (unpaired) electrons. The van der Waals surface area contributed by atoms with Gasteiger partial charge in [0, 0.05) is 31.4 Å². The number of carbonyl (C=O) groups excluding carboxylic acids is 2. The molecular weight excluding hydrogens is 280 g/mol. The summed E-state index contributed by atoms with van der Waals surface area (Å²) >= 11 is 0. The van der Waals surface area contributed by atoms with E-state index in [9.17, 15) is 9.59 Å². The first-order valence-corrected chi connectivity index (χ1v) is 7.96. The Hall–Kier alpha value is -1.98. The van der Waals surface area contributed by atoms with Crippen LogP contribution in [0.5, 0.6) is 0 Å². The van der Waals surface area contributed by atoms with Crippen LogP contribution in [0.15, 0.2) is 12.3 Å². The summed E-state index contributed by atoms with van der Waals surface area (Å²) in [6, 6.07) is 1.72. The van der Waals surface area contributed by atoms with Crippen molar-refractivity contribution < 1.29 is 9.59 Å². The highest BCUT2D eigenvalue weighted by Gasteiger charge is 2.39. The van der Waals surface area contributed by atoms with E-state index in [1.165, 1.54) is 0 Å². The zero-order chi connectivity index (χ0) is 15.7. The number of rotatable bonds is 5. The lowest BCUT2D eigenvalue weighted by molar-refractivity contribution is -0.129. The molecule has 2 fully saturated rings. The maximum atomic E-state index is 12.5. The maximum absolute atomic E-state index is 12.5. The van der Waals surface area contributed by atoms with Crippen LogP contribution < -0.4 is 5.32 Å². The van der Waals surface area contributed by atoms with Gasteiger partial charge in [0.2, 0.25) is 11.8 Å². The predicted octanol–water partition coefficient (Wildman–Crippen LogP) is 1.22. The zero-order valence-corrected chi connectivity index (χ0v) is 13.1. The smallest absolute Gasteiger partial charge is 0.226 e. The molecule has 0 unspecified atom stereocenters. The summed E-state index contributed by atoms with van der Waals surface area (Å²) in [5.41, 5.74) is 0.901. The molecule has 0 spiro atoms. The average Bonchev–Trinajstić information content (AvgIpc) is 3.26. The molecule has 118 valence electrons. The summed E-state index contributed by atoms with van der Waals surface area (Å²) in [4.78, 5) is 34.8. The summed E-state index contributed by atoms with van der Waals surface area (Å²) < 4.78 is 0. The molecule has 2 atom stereocenters. The van der Waals surface area contributed by atoms with Crippen LogP contribution in [-0.2, 0) is 9.59 Å². The lowest BCUT2D eigenvalue weighted by atomic mass is 10.1. The number of nitrogens with zero attached hydrogens (tertiary/aromatic N) is 3. The standard InChI is InChI=1S/C16H22N4O2/c1-3-20-9-12(8-13(20)21)16(22)19-14(11-4-5-11)15-17-7-6-10(2)18-15/h6-7,11-12,14H,3-5,8-9H2,1-2H3,(H,19,22)/t12-,14+/m1/s1. The topological polar surface area (TPSA) is 75.2 Å². The van der Waals surface area contributed by atoms with Crippen molar-refractivity contribution in [2.45, 2.75) is 39.2 Å². The van der Waals surface area contributed by atoms with Crippen LogP contribution >= 0.6 is 0 Å². The summed E-state index contributed by atoms with van der Waals surface area (Å²) in [6.45, 7) is 5.04. The van der Waals surface area contributed by atoms with Crippen molar-refractivity contribution in [2.75, 3.05) is 13.1 Å². The molecular formula is C16H22N4O2. The fourth-order valence-electron chi connectivity index (χ4n) is 2.97. The van der Waals surface area contributed by atoms with E-state index in [1.54, 1.807) is 11.1 Å². The molecule has 2 heterocycles. The van der Waals surface area contributed by atoms with Crippen LogP contribution in [-0.4, -0.2) is 39.8 Å². The number of carbonyl (C=O) groups is 2. The second-order valence-corrected chi connectivity index (χ2v) is 6.21. The van der Waals surface area contributed by atoms with Gasteiger partial charge in [0.05, 0.1) is 12.0 Å². The quantitative estimate of drug-likeness (QED) is 0.887. The molecule has 3 rings (SSSR count). The molecule has 1 N–H and O–H groups in total. The SMILES string of the molecule is CCN1C[C@H](C(=O)N[C@H](c2nccc(C)n2)C2CC2)CC1=O. The monoisotopic (exact) mass is 302 g/mol. The van der Waals surface area contributed by atoms with E-state index >= 15 is 0 Å². The van der Waals surface area contributed by atoms with E-state index in [-0.39, 0.29) is 23.8 Å². The van der Waals surface area contributed by atoms with Gasteiger partial charge in [-0.05, 0) is 38.7 Å². The molecule has 1 aromatic rings. The minimum Gasteiger partial charge on any atom is -0.345 e. The third kappa shape index (κ3) is 3.10. The van der Waals surface area contributed by atoms with E-state index in [1.807, 2.05) is 19.9 Å². The Morgan fingerprint density at radius 2 is 2.27 bits per heavy atom. The second kappa shape index (κ2) is 6.02. The Kier molecular flexibility index (Phi) is 4.09. The molecule has 0 bridgehead atoms. The van der Waals surface area contributed by atoms with E-state index in [0.717, 1.165) is 18.5 Å². The first kappa shape index (κ1) is 14.9. The molecule has 0 aromatic carbocycles. The van der Waals surface area contributed by atoms with Crippen molar-refractivity contribution >= 4 is 11.8 Å². The van der Waals surface area contributed by atoms with Gasteiger partial charge >= 0.3 is 0 Å². The minimum absolute atomic E-state index is 0.0497. The highest BCUT2D eigenvalue weighted by molar-refractivity contribution is 5.89. The first-order valence-electron chi connectivity index (χ1n) is 7.96. The number of hydrogen-bond acceptors (Lipinski definition) is 4. The molecule has 22 heavy (non-hydrogen) atoms. The Morgan fingerprint density at radius 1 is 1.50 bits per heavy atom. The summed E-state index contributed by atoms with van der Waals surface area (Å²) in [6.07, 6.45) is 4.22. The summed E-state index contributed by atoms with van der Waals surface area (Å²) in [5, 5.41) is 3.09. The molecule has 1 aliphatic heterocycles. The molecule has 1 saturated carbocycles. The third-order valence-electron chi connectivity index (χ3n) is 4.45. The van der Waals surface area contributed by atoms with Gasteiger partial charge in [0.15, 0.2) is 5.82 Å². The van der Waals surface area contributed by atoms with Gasteiger partial charge in [0.1, 0.15) is 0 Å². The van der Waals surface area contributed by atoms with Crippen molar-refractivity contribution in [3.63, 3.8) is 0 Å². The van der Waals surface area contributed by atoms with E-state index in [0.29, 0.717) is 31.3 Å². The number of nitrogens with one attached hydrogen (secondary N) is 1. The van der Waals surface area contributed by atoms with E-state index in [2.05, 4.69) is 15.3 Å². The van der Waals surface area contributed by atoms with Crippen molar-refractivity contribution in [1.29, 1.82) is 0 Å². The van der Waals surface area contributed by atoms with Crippen LogP contribution in [0, 0.1) is 18.8 Å². The Balaban J connectivity index is 1.69. The third-order valence-corrected chi connectivity index (χ3v) is 4.45. The Bertz CT molecular complexity index is 585. The Labute approximate surface area is 130 Å². The zero-order valence-electron chi connectivity index (χ0n) is 13.1. The average molecular weight is 302 g/mol. The van der Waals surface area contributed by atoms with Crippen LogP contribution in [0.1, 0.15) is 43.7 Å². The van der Waals surface area contributed by atoms with Gasteiger partial charge < -0.3 is 10.2 Å². The number of amides is 2. The lowest BCUT2D eigenvalue weighted by Crippen LogP contribution is -2.37. The molecule has 2 aliphatic rings. The van der Waals surface area contributed by atoms with Crippen molar-refractivity contribution in [3.05, 3.63) is 23.8 Å². The molecule has 6 nitrogen and oxygen atoms in total. The Morgan fingerprint density at radius 3 is 2.86 bits per heavy atom. The molecule has 2 amide bonds. The van der Waals surface area contributed by atoms with E-state index in [4.69, 9.17) is 0 Å². The van der Waals surface area contributed by atoms with Gasteiger partial charge in [-0.25, -0.2) is 9.97 Å². The molecule has 1 aromatic heterocycles. The second-order valence-electron chi connectivity index (χ2n) is 6.21. The summed E-state index contributed by atoms with van der Waals surface area (Å²) in [5.74, 6) is 0.875. The highest BCUT2D eigenvalue weighted by Crippen LogP contribution is 2.40. The number of aromatic nitrogens is 2. The molecule has 6 heteroatoms. The van der Waals surface area contributed by atoms with Crippen LogP contribution in [0.25, 0.3) is 0 Å². The fourth-order valence-corrected chi connectivity index (χ4v) is 2.97. The fraction of sp³-hybridized carbons (Fsp3) is 0.625. The number of hydrogen-bond donors (Lipinski definition) is 1. The van der Waals surface area contributed by atoms with Crippen molar-refractivity contribution in [2.24, 2.45) is 11.8 Å². The molecule has 1 aliphatic carbocycles. The van der Waals surface area contributed by atoms with Crippen LogP contribution in [0.2, 0.25) is 0 Å². The number of likely N-dealkylation sites (tertiary alicyclic amines) is 1. The van der Waals surface area contributed by atoms with Crippen LogP contribution in [0.4, 0.5) is 0 Å². The van der Waals surface area contributed by atoms with Gasteiger partial charge in [0.25, 0.3) is 0 Å². The van der Waals surface area contributed by atoms with Gasteiger partial charge in [-0.1, -0.05) is 0 Å².